The molecular weight excluding hydrogens is 181 g/mol. The molecule has 1 aromatic carbocycles. The lowest BCUT2D eigenvalue weighted by Crippen LogP contribution is -1.75. The molecule has 0 saturated heterocycles. The Morgan fingerprint density at radius 1 is 1.43 bits per heavy atom. The molecule has 0 unspecified atom stereocenters. The van der Waals surface area contributed by atoms with Crippen LogP contribution in [-0.2, 0) is 0 Å². The third-order valence-electron chi connectivity index (χ3n) is 2.08. The molecule has 14 heavy (non-hydrogen) atoms. The van der Waals surface area contributed by atoms with Gasteiger partial charge in [0.2, 0.25) is 0 Å². The molecule has 0 aliphatic carbocycles. The molecule has 0 amide bonds. The van der Waals surface area contributed by atoms with E-state index < -0.39 is 0 Å². The van der Waals surface area contributed by atoms with Crippen molar-refractivity contribution < 1.29 is 9.50 Å². The van der Waals surface area contributed by atoms with E-state index in [0.29, 0.717) is 0 Å². The van der Waals surface area contributed by atoms with Gasteiger partial charge in [0, 0.05) is 17.1 Å². The first-order valence-electron chi connectivity index (χ1n) is 4.35. The van der Waals surface area contributed by atoms with Gasteiger partial charge in [-0.25, -0.2) is 4.39 Å². The van der Waals surface area contributed by atoms with Gasteiger partial charge in [-0.3, -0.25) is 0 Å². The zero-order chi connectivity index (χ0) is 9.97. The van der Waals surface area contributed by atoms with Crippen LogP contribution >= 0.6 is 0 Å². The minimum Gasteiger partial charge on any atom is -0.392 e. The molecule has 0 radical (unpaired) electrons. The van der Waals surface area contributed by atoms with Gasteiger partial charge in [0.1, 0.15) is 5.82 Å². The Labute approximate surface area is 80.7 Å². The van der Waals surface area contributed by atoms with Crippen LogP contribution in [-0.4, -0.2) is 16.7 Å². The van der Waals surface area contributed by atoms with Crippen molar-refractivity contribution in [3.8, 4) is 0 Å². The van der Waals surface area contributed by atoms with Crippen molar-refractivity contribution in [1.82, 2.24) is 4.98 Å². The molecule has 0 spiro atoms. The summed E-state index contributed by atoms with van der Waals surface area (Å²) in [6.45, 7) is -0.0119. The predicted molar refractivity (Wildman–Crippen MR) is 54.4 cm³/mol. The minimum atomic E-state index is -0.254. The molecule has 72 valence electrons. The Kier molecular flexibility index (Phi) is 2.33. The number of H-pyrrole nitrogens is 1. The fraction of sp³-hybridized carbons (Fsp3) is 0.0909. The first-order valence-corrected chi connectivity index (χ1v) is 4.35. The van der Waals surface area contributed by atoms with Crippen molar-refractivity contribution in [2.24, 2.45) is 0 Å². The van der Waals surface area contributed by atoms with E-state index in [4.69, 9.17) is 5.11 Å². The quantitative estimate of drug-likeness (QED) is 0.750. The molecule has 0 atom stereocenters. The summed E-state index contributed by atoms with van der Waals surface area (Å²) in [6, 6.07) is 4.59. The number of aromatic nitrogens is 1. The van der Waals surface area contributed by atoms with Crippen LogP contribution in [0.3, 0.4) is 0 Å². The van der Waals surface area contributed by atoms with Crippen molar-refractivity contribution in [2.75, 3.05) is 6.61 Å². The van der Waals surface area contributed by atoms with Crippen LogP contribution in [0.5, 0.6) is 0 Å². The van der Waals surface area contributed by atoms with Crippen molar-refractivity contribution in [3.05, 3.63) is 41.9 Å². The van der Waals surface area contributed by atoms with Gasteiger partial charge >= 0.3 is 0 Å². The molecule has 0 bridgehead atoms. The van der Waals surface area contributed by atoms with Gasteiger partial charge < -0.3 is 10.1 Å². The number of aliphatic hydroxyl groups is 1. The van der Waals surface area contributed by atoms with E-state index in [-0.39, 0.29) is 12.4 Å². The zero-order valence-electron chi connectivity index (χ0n) is 7.50. The fourth-order valence-corrected chi connectivity index (χ4v) is 1.43. The highest BCUT2D eigenvalue weighted by Gasteiger charge is 2.01. The molecule has 0 saturated carbocycles. The maximum absolute atomic E-state index is 12.9. The number of hydrogen-bond acceptors (Lipinski definition) is 1. The number of aliphatic hydroxyl groups excluding tert-OH is 1. The molecular formula is C11H10FNO. The third kappa shape index (κ3) is 1.54. The number of nitrogens with one attached hydrogen (secondary N) is 1. The molecule has 1 heterocycles. The standard InChI is InChI=1S/C11H10FNO/c12-9-3-4-11-10(6-9)8(7-13-11)2-1-5-14/h1-4,6-7,13-14H,5H2. The van der Waals surface area contributed by atoms with Gasteiger partial charge in [-0.2, -0.15) is 0 Å². The highest BCUT2D eigenvalue weighted by atomic mass is 19.1. The van der Waals surface area contributed by atoms with Crippen molar-refractivity contribution >= 4 is 17.0 Å². The van der Waals surface area contributed by atoms with E-state index >= 15 is 0 Å². The highest BCUT2D eigenvalue weighted by Crippen LogP contribution is 2.20. The summed E-state index contributed by atoms with van der Waals surface area (Å²) in [4.78, 5) is 3.02. The Balaban J connectivity index is 2.55. The number of benzene rings is 1. The van der Waals surface area contributed by atoms with Crippen molar-refractivity contribution in [3.63, 3.8) is 0 Å². The van der Waals surface area contributed by atoms with E-state index in [1.54, 1.807) is 24.4 Å². The smallest absolute Gasteiger partial charge is 0.123 e. The minimum absolute atomic E-state index is 0.0119. The summed E-state index contributed by atoms with van der Waals surface area (Å²) < 4.78 is 12.9. The van der Waals surface area contributed by atoms with Gasteiger partial charge in [0.25, 0.3) is 0 Å². The van der Waals surface area contributed by atoms with Gasteiger partial charge in [-0.15, -0.1) is 0 Å². The second kappa shape index (κ2) is 3.64. The molecule has 2 nitrogen and oxygen atoms in total. The summed E-state index contributed by atoms with van der Waals surface area (Å²) in [6.07, 6.45) is 5.17. The summed E-state index contributed by atoms with van der Waals surface area (Å²) >= 11 is 0. The molecule has 0 fully saturated rings. The van der Waals surface area contributed by atoms with Crippen LogP contribution in [0.15, 0.2) is 30.5 Å². The van der Waals surface area contributed by atoms with E-state index in [9.17, 15) is 4.39 Å². The summed E-state index contributed by atoms with van der Waals surface area (Å²) in [5.41, 5.74) is 1.78. The van der Waals surface area contributed by atoms with Crippen LogP contribution in [0.25, 0.3) is 17.0 Å². The zero-order valence-corrected chi connectivity index (χ0v) is 7.50. The molecule has 2 aromatic rings. The predicted octanol–water partition coefficient (Wildman–Crippen LogP) is 2.31. The number of halogens is 1. The molecule has 3 heteroatoms. The number of fused-ring (bicyclic) bond motifs is 1. The number of aromatic amines is 1. The average Bonchev–Trinajstić information content (AvgIpc) is 2.57. The van der Waals surface area contributed by atoms with Crippen LogP contribution in [0.4, 0.5) is 4.39 Å². The first kappa shape index (κ1) is 8.97. The molecule has 2 N–H and O–H groups in total. The fourth-order valence-electron chi connectivity index (χ4n) is 1.43. The summed E-state index contributed by atoms with van der Waals surface area (Å²) in [5.74, 6) is -0.254. The average molecular weight is 191 g/mol. The maximum atomic E-state index is 12.9. The van der Waals surface area contributed by atoms with Gasteiger partial charge in [0.05, 0.1) is 6.61 Å². The monoisotopic (exact) mass is 191 g/mol. The van der Waals surface area contributed by atoms with Gasteiger partial charge in [-0.1, -0.05) is 12.2 Å². The van der Waals surface area contributed by atoms with Crippen molar-refractivity contribution in [1.29, 1.82) is 0 Å². The second-order valence-electron chi connectivity index (χ2n) is 3.02. The largest absolute Gasteiger partial charge is 0.392 e. The number of rotatable bonds is 2. The lowest BCUT2D eigenvalue weighted by molar-refractivity contribution is 0.343. The topological polar surface area (TPSA) is 36.0 Å². The molecule has 0 aliphatic heterocycles. The maximum Gasteiger partial charge on any atom is 0.123 e. The molecule has 2 rings (SSSR count). The van der Waals surface area contributed by atoms with E-state index in [2.05, 4.69) is 4.98 Å². The van der Waals surface area contributed by atoms with Gasteiger partial charge in [0.15, 0.2) is 0 Å². The Hall–Kier alpha value is -1.61. The molecule has 0 aliphatic rings. The summed E-state index contributed by atoms with van der Waals surface area (Å²) in [7, 11) is 0. The lowest BCUT2D eigenvalue weighted by atomic mass is 10.1. The van der Waals surface area contributed by atoms with Gasteiger partial charge in [-0.05, 0) is 23.8 Å². The second-order valence-corrected chi connectivity index (χ2v) is 3.02. The lowest BCUT2D eigenvalue weighted by Gasteiger charge is -1.92. The van der Waals surface area contributed by atoms with Crippen LogP contribution in [0, 0.1) is 5.82 Å². The highest BCUT2D eigenvalue weighted by molar-refractivity contribution is 5.88. The van der Waals surface area contributed by atoms with E-state index in [1.807, 2.05) is 0 Å². The van der Waals surface area contributed by atoms with E-state index in [0.717, 1.165) is 16.5 Å². The SMILES string of the molecule is OCC=Cc1c[nH]c2ccc(F)cc12. The molecule has 1 aromatic heterocycles. The first-order chi connectivity index (χ1) is 6.81. The normalized spacial score (nSPS) is 11.6. The Morgan fingerprint density at radius 2 is 2.29 bits per heavy atom. The van der Waals surface area contributed by atoms with Crippen LogP contribution in [0.2, 0.25) is 0 Å². The summed E-state index contributed by atoms with van der Waals surface area (Å²) in [5, 5.41) is 9.45. The van der Waals surface area contributed by atoms with E-state index in [1.165, 1.54) is 12.1 Å². The number of hydrogen-bond donors (Lipinski definition) is 2. The Morgan fingerprint density at radius 3 is 3.07 bits per heavy atom. The van der Waals surface area contributed by atoms with Crippen molar-refractivity contribution in [2.45, 2.75) is 0 Å². The van der Waals surface area contributed by atoms with Crippen LogP contribution in [0.1, 0.15) is 5.56 Å². The Bertz CT molecular complexity index is 473. The third-order valence-corrected chi connectivity index (χ3v) is 2.08. The van der Waals surface area contributed by atoms with Crippen LogP contribution < -0.4 is 0 Å².